The van der Waals surface area contributed by atoms with E-state index in [0.717, 1.165) is 5.69 Å². The largest absolute Gasteiger partial charge is 0.494 e. The minimum absolute atomic E-state index is 0.0403. The van der Waals surface area contributed by atoms with Crippen molar-refractivity contribution in [3.63, 3.8) is 0 Å². The number of nitrogens with zero attached hydrogens (tertiary/aromatic N) is 5. The van der Waals surface area contributed by atoms with Gasteiger partial charge in [0.1, 0.15) is 22.4 Å². The van der Waals surface area contributed by atoms with E-state index in [1.54, 1.807) is 36.1 Å². The Morgan fingerprint density at radius 3 is 2.24 bits per heavy atom. The molecule has 3 heterocycles. The van der Waals surface area contributed by atoms with Crippen molar-refractivity contribution in [2.24, 2.45) is 0 Å². The highest BCUT2D eigenvalue weighted by molar-refractivity contribution is 7.89. The van der Waals surface area contributed by atoms with Gasteiger partial charge in [0, 0.05) is 57.2 Å². The Labute approximate surface area is 245 Å². The number of urea groups is 1. The van der Waals surface area contributed by atoms with Crippen molar-refractivity contribution in [1.82, 2.24) is 19.3 Å². The van der Waals surface area contributed by atoms with Gasteiger partial charge in [-0.15, -0.1) is 0 Å². The Morgan fingerprint density at radius 2 is 1.62 bits per heavy atom. The van der Waals surface area contributed by atoms with E-state index in [0.29, 0.717) is 44.2 Å². The number of amides is 3. The van der Waals surface area contributed by atoms with Crippen LogP contribution in [-0.2, 0) is 14.8 Å². The van der Waals surface area contributed by atoms with Crippen LogP contribution in [0.15, 0.2) is 64.0 Å². The van der Waals surface area contributed by atoms with Gasteiger partial charge in [0.2, 0.25) is 15.9 Å². The van der Waals surface area contributed by atoms with Gasteiger partial charge in [-0.2, -0.15) is 4.31 Å². The van der Waals surface area contributed by atoms with Crippen molar-refractivity contribution in [1.29, 1.82) is 0 Å². The molecule has 0 bridgehead atoms. The van der Waals surface area contributed by atoms with E-state index in [4.69, 9.17) is 9.26 Å². The number of nitrogens with one attached hydrogen (secondary N) is 1. The number of piperazine rings is 2. The lowest BCUT2D eigenvalue weighted by Gasteiger charge is -2.43. The number of benzene rings is 2. The zero-order valence-electron chi connectivity index (χ0n) is 24.0. The summed E-state index contributed by atoms with van der Waals surface area (Å²) in [6.07, 6.45) is 0. The van der Waals surface area contributed by atoms with Gasteiger partial charge in [-0.1, -0.05) is 23.4 Å². The molecule has 224 valence electrons. The first-order valence-corrected chi connectivity index (χ1v) is 15.5. The third-order valence-electron chi connectivity index (χ3n) is 7.57. The highest BCUT2D eigenvalue weighted by Gasteiger charge is 2.45. The normalized spacial score (nSPS) is 18.2. The van der Waals surface area contributed by atoms with E-state index in [1.807, 2.05) is 37.3 Å². The summed E-state index contributed by atoms with van der Waals surface area (Å²) in [4.78, 5) is 32.6. The van der Waals surface area contributed by atoms with E-state index in [2.05, 4.69) is 15.4 Å². The summed E-state index contributed by atoms with van der Waals surface area (Å²) in [7, 11) is -4.14. The second-order valence-corrected chi connectivity index (χ2v) is 12.1. The molecule has 0 radical (unpaired) electrons. The van der Waals surface area contributed by atoms with Crippen LogP contribution in [0.5, 0.6) is 5.75 Å². The number of aromatic nitrogens is 1. The van der Waals surface area contributed by atoms with Crippen LogP contribution in [0.25, 0.3) is 0 Å². The number of hydrogen-bond donors (Lipinski definition) is 1. The number of sulfonamides is 1. The van der Waals surface area contributed by atoms with Crippen molar-refractivity contribution in [3.8, 4) is 5.75 Å². The molecule has 1 unspecified atom stereocenters. The molecule has 1 N–H and O–H groups in total. The Bertz CT molecular complexity index is 1480. The summed E-state index contributed by atoms with van der Waals surface area (Å²) in [6, 6.07) is 15.4. The lowest BCUT2D eigenvalue weighted by Crippen LogP contribution is -2.63. The van der Waals surface area contributed by atoms with E-state index >= 15 is 0 Å². The summed E-state index contributed by atoms with van der Waals surface area (Å²) in [5, 5.41) is 6.67. The zero-order chi connectivity index (χ0) is 29.9. The van der Waals surface area contributed by atoms with Crippen LogP contribution in [0.2, 0.25) is 0 Å². The predicted molar refractivity (Wildman–Crippen MR) is 157 cm³/mol. The average Bonchev–Trinajstić information content (AvgIpc) is 3.36. The highest BCUT2D eigenvalue weighted by atomic mass is 32.2. The molecule has 1 aromatic heterocycles. The summed E-state index contributed by atoms with van der Waals surface area (Å²) < 4.78 is 39.6. The fraction of sp³-hybridized carbons (Fsp3) is 0.414. The first-order chi connectivity index (χ1) is 20.2. The van der Waals surface area contributed by atoms with Gasteiger partial charge in [-0.25, -0.2) is 13.2 Å². The number of rotatable bonds is 7. The van der Waals surface area contributed by atoms with Crippen LogP contribution in [0.1, 0.15) is 18.4 Å². The Morgan fingerprint density at radius 1 is 0.952 bits per heavy atom. The molecule has 0 saturated carbocycles. The van der Waals surface area contributed by atoms with Gasteiger partial charge in [-0.05, 0) is 57.2 Å². The molecule has 2 aliphatic heterocycles. The van der Waals surface area contributed by atoms with Gasteiger partial charge in [0.05, 0.1) is 6.61 Å². The lowest BCUT2D eigenvalue weighted by atomic mass is 10.1. The SMILES string of the molecule is CCOc1ccc(NC(=O)N2CCN(S(=O)(=O)c3c(C)noc3C)C(C(=O)N3CCN(c4ccccc4)CC3)C2)cc1. The first-order valence-electron chi connectivity index (χ1n) is 14.0. The lowest BCUT2D eigenvalue weighted by molar-refractivity contribution is -0.137. The molecule has 5 rings (SSSR count). The number of aryl methyl sites for hydroxylation is 2. The number of carbonyl (C=O) groups excluding carboxylic acids is 2. The molecule has 2 aromatic carbocycles. The molecular weight excluding hydrogens is 560 g/mol. The zero-order valence-corrected chi connectivity index (χ0v) is 24.8. The van der Waals surface area contributed by atoms with Crippen LogP contribution < -0.4 is 15.0 Å². The predicted octanol–water partition coefficient (Wildman–Crippen LogP) is 2.95. The number of ether oxygens (including phenoxy) is 1. The van der Waals surface area contributed by atoms with Crippen LogP contribution in [0, 0.1) is 13.8 Å². The molecule has 3 amide bonds. The van der Waals surface area contributed by atoms with Gasteiger partial charge in [0.25, 0.3) is 0 Å². The molecular formula is C29H36N6O6S. The average molecular weight is 597 g/mol. The number of hydrogen-bond acceptors (Lipinski definition) is 8. The molecule has 2 saturated heterocycles. The Hall–Kier alpha value is -4.10. The summed E-state index contributed by atoms with van der Waals surface area (Å²) in [5.41, 5.74) is 1.86. The van der Waals surface area contributed by atoms with E-state index < -0.39 is 22.1 Å². The number of para-hydroxylation sites is 1. The molecule has 3 aromatic rings. The molecule has 0 spiro atoms. The molecule has 0 aliphatic carbocycles. The first kappa shape index (κ1) is 29.4. The van der Waals surface area contributed by atoms with E-state index in [9.17, 15) is 18.0 Å². The molecule has 12 nitrogen and oxygen atoms in total. The Kier molecular flexibility index (Phi) is 8.69. The molecule has 2 aliphatic rings. The summed E-state index contributed by atoms with van der Waals surface area (Å²) >= 11 is 0. The maximum absolute atomic E-state index is 14.0. The van der Waals surface area contributed by atoms with Crippen LogP contribution in [-0.4, -0.2) is 98.1 Å². The van der Waals surface area contributed by atoms with Crippen molar-refractivity contribution in [2.75, 3.05) is 62.6 Å². The Balaban J connectivity index is 1.35. The maximum Gasteiger partial charge on any atom is 0.321 e. The standard InChI is InChI=1S/C29H36N6O6S/c1-4-40-25-12-10-23(11-13-25)30-29(37)34-18-19-35(42(38,39)27-21(2)31-41-22(27)3)26(20-34)28(36)33-16-14-32(15-17-33)24-8-6-5-7-9-24/h5-13,26H,4,14-20H2,1-3H3,(H,30,37). The second-order valence-electron chi connectivity index (χ2n) is 10.3. The van der Waals surface area contributed by atoms with Crippen molar-refractivity contribution >= 4 is 33.3 Å². The number of carbonyl (C=O) groups is 2. The second kappa shape index (κ2) is 12.4. The third-order valence-corrected chi connectivity index (χ3v) is 9.72. The fourth-order valence-corrected chi connectivity index (χ4v) is 7.30. The fourth-order valence-electron chi connectivity index (χ4n) is 5.44. The minimum Gasteiger partial charge on any atom is -0.494 e. The van der Waals surface area contributed by atoms with Crippen molar-refractivity contribution < 1.29 is 27.3 Å². The van der Waals surface area contributed by atoms with E-state index in [1.165, 1.54) is 16.1 Å². The molecule has 2 fully saturated rings. The van der Waals surface area contributed by atoms with E-state index in [-0.39, 0.29) is 41.9 Å². The maximum atomic E-state index is 14.0. The summed E-state index contributed by atoms with van der Waals surface area (Å²) in [5.74, 6) is 0.508. The number of anilines is 2. The topological polar surface area (TPSA) is 129 Å². The summed E-state index contributed by atoms with van der Waals surface area (Å²) in [6.45, 7) is 7.57. The van der Waals surface area contributed by atoms with Gasteiger partial charge < -0.3 is 29.3 Å². The van der Waals surface area contributed by atoms with Crippen LogP contribution >= 0.6 is 0 Å². The highest BCUT2D eigenvalue weighted by Crippen LogP contribution is 2.28. The van der Waals surface area contributed by atoms with Crippen molar-refractivity contribution in [2.45, 2.75) is 31.7 Å². The van der Waals surface area contributed by atoms with Gasteiger partial charge >= 0.3 is 6.03 Å². The quantitative estimate of drug-likeness (QED) is 0.441. The molecule has 1 atom stereocenters. The third kappa shape index (κ3) is 6.07. The van der Waals surface area contributed by atoms with Crippen molar-refractivity contribution in [3.05, 3.63) is 66.1 Å². The monoisotopic (exact) mass is 596 g/mol. The smallest absolute Gasteiger partial charge is 0.321 e. The molecule has 13 heteroatoms. The molecule has 42 heavy (non-hydrogen) atoms. The van der Waals surface area contributed by atoms with Gasteiger partial charge in [0.15, 0.2) is 5.76 Å². The van der Waals surface area contributed by atoms with Gasteiger partial charge in [-0.3, -0.25) is 4.79 Å². The van der Waals surface area contributed by atoms with Crippen LogP contribution in [0.3, 0.4) is 0 Å². The minimum atomic E-state index is -4.14. The van der Waals surface area contributed by atoms with Crippen LogP contribution in [0.4, 0.5) is 16.2 Å².